The van der Waals surface area contributed by atoms with Gasteiger partial charge in [-0.05, 0) is 42.5 Å². The number of rotatable bonds is 7. The first-order chi connectivity index (χ1) is 17.2. The maximum Gasteiger partial charge on any atom is 0.490 e. The number of carbonyl (C=O) groups excluding carboxylic acids is 2. The molecule has 3 aromatic carbocycles. The number of esters is 1. The average molecular weight is 497 g/mol. The number of nitrogens with one attached hydrogen (secondary N) is 1. The SMILES string of the molecule is Cc1ccc2c(c1)CCCN2C(=O)C(NCC(c1ccccc1)c1ccccc1)OC(=O)C(F)(F)F. The van der Waals surface area contributed by atoms with Gasteiger partial charge in [0.15, 0.2) is 0 Å². The Hall–Kier alpha value is -3.65. The highest BCUT2D eigenvalue weighted by Gasteiger charge is 2.44. The fraction of sp³-hybridized carbons (Fsp3) is 0.286. The highest BCUT2D eigenvalue weighted by Crippen LogP contribution is 2.30. The average Bonchev–Trinajstić information content (AvgIpc) is 2.87. The molecule has 0 radical (unpaired) electrons. The lowest BCUT2D eigenvalue weighted by Gasteiger charge is -2.33. The Morgan fingerprint density at radius 1 is 0.972 bits per heavy atom. The third-order valence-corrected chi connectivity index (χ3v) is 6.21. The van der Waals surface area contributed by atoms with Crippen LogP contribution in [-0.2, 0) is 20.7 Å². The number of anilines is 1. The van der Waals surface area contributed by atoms with Crippen molar-refractivity contribution in [2.45, 2.75) is 38.1 Å². The molecule has 1 N–H and O–H groups in total. The fourth-order valence-electron chi connectivity index (χ4n) is 4.47. The summed E-state index contributed by atoms with van der Waals surface area (Å²) in [7, 11) is 0. The largest absolute Gasteiger partial charge is 0.490 e. The molecule has 1 atom stereocenters. The van der Waals surface area contributed by atoms with Crippen LogP contribution >= 0.6 is 0 Å². The summed E-state index contributed by atoms with van der Waals surface area (Å²) in [4.78, 5) is 26.7. The Kier molecular flexibility index (Phi) is 7.74. The smallest absolute Gasteiger partial charge is 0.430 e. The monoisotopic (exact) mass is 496 g/mol. The molecule has 1 heterocycles. The molecule has 3 aromatic rings. The summed E-state index contributed by atoms with van der Waals surface area (Å²) in [6.45, 7) is 2.32. The molecule has 1 unspecified atom stereocenters. The lowest BCUT2D eigenvalue weighted by Crippen LogP contribution is -2.52. The topological polar surface area (TPSA) is 58.6 Å². The van der Waals surface area contributed by atoms with E-state index in [9.17, 15) is 22.8 Å². The minimum absolute atomic E-state index is 0.0736. The van der Waals surface area contributed by atoms with Crippen LogP contribution in [0.25, 0.3) is 0 Å². The first-order valence-electron chi connectivity index (χ1n) is 11.8. The van der Waals surface area contributed by atoms with Crippen LogP contribution in [0.4, 0.5) is 18.9 Å². The van der Waals surface area contributed by atoms with Gasteiger partial charge in [0.2, 0.25) is 6.23 Å². The molecule has 0 aliphatic carbocycles. The van der Waals surface area contributed by atoms with Gasteiger partial charge in [0.25, 0.3) is 5.91 Å². The van der Waals surface area contributed by atoms with E-state index in [1.807, 2.05) is 79.7 Å². The highest BCUT2D eigenvalue weighted by atomic mass is 19.4. The number of fused-ring (bicyclic) bond motifs is 1. The van der Waals surface area contributed by atoms with Crippen LogP contribution in [0, 0.1) is 6.92 Å². The molecule has 0 saturated carbocycles. The normalized spacial score (nSPS) is 14.3. The molecular weight excluding hydrogens is 469 g/mol. The number of carbonyl (C=O) groups is 2. The molecule has 0 aromatic heterocycles. The molecule has 0 saturated heterocycles. The molecule has 4 rings (SSSR count). The first-order valence-corrected chi connectivity index (χ1v) is 11.8. The van der Waals surface area contributed by atoms with Crippen molar-refractivity contribution in [3.8, 4) is 0 Å². The van der Waals surface area contributed by atoms with Crippen molar-refractivity contribution in [2.24, 2.45) is 0 Å². The predicted molar refractivity (Wildman–Crippen MR) is 131 cm³/mol. The van der Waals surface area contributed by atoms with Gasteiger partial charge in [0, 0.05) is 24.7 Å². The number of ether oxygens (including phenoxy) is 1. The van der Waals surface area contributed by atoms with E-state index in [1.54, 1.807) is 6.07 Å². The quantitative estimate of drug-likeness (QED) is 0.364. The molecule has 8 heteroatoms. The van der Waals surface area contributed by atoms with E-state index < -0.39 is 24.3 Å². The van der Waals surface area contributed by atoms with Crippen LogP contribution in [0.15, 0.2) is 78.9 Å². The van der Waals surface area contributed by atoms with Crippen LogP contribution in [0.5, 0.6) is 0 Å². The van der Waals surface area contributed by atoms with Gasteiger partial charge in [-0.25, -0.2) is 4.79 Å². The second kappa shape index (κ2) is 11.0. The third-order valence-electron chi connectivity index (χ3n) is 6.21. The molecule has 0 spiro atoms. The number of halogens is 3. The molecule has 36 heavy (non-hydrogen) atoms. The van der Waals surface area contributed by atoms with Crippen molar-refractivity contribution < 1.29 is 27.5 Å². The number of hydrogen-bond acceptors (Lipinski definition) is 4. The zero-order valence-corrected chi connectivity index (χ0v) is 19.8. The van der Waals surface area contributed by atoms with E-state index in [4.69, 9.17) is 4.74 Å². The molecule has 0 bridgehead atoms. The van der Waals surface area contributed by atoms with E-state index in [-0.39, 0.29) is 12.5 Å². The summed E-state index contributed by atoms with van der Waals surface area (Å²) in [5.74, 6) is -3.44. The van der Waals surface area contributed by atoms with E-state index in [2.05, 4.69) is 5.32 Å². The van der Waals surface area contributed by atoms with Gasteiger partial charge in [-0.15, -0.1) is 0 Å². The summed E-state index contributed by atoms with van der Waals surface area (Å²) < 4.78 is 44.0. The first kappa shape index (κ1) is 25.4. The standard InChI is InChI=1S/C28H27F3N2O3/c1-19-14-15-24-22(17-19)13-8-16-33(24)26(34)25(36-27(35)28(29,30)31)32-18-23(20-9-4-2-5-10-20)21-11-6-3-7-12-21/h2-7,9-12,14-15,17,23,25,32H,8,13,16,18H2,1H3. The van der Waals surface area contributed by atoms with Crippen molar-refractivity contribution in [2.75, 3.05) is 18.0 Å². The summed E-state index contributed by atoms with van der Waals surface area (Å²) >= 11 is 0. The fourth-order valence-corrected chi connectivity index (χ4v) is 4.47. The van der Waals surface area contributed by atoms with Crippen molar-refractivity contribution >= 4 is 17.6 Å². The molecule has 1 aliphatic rings. The lowest BCUT2D eigenvalue weighted by molar-refractivity contribution is -0.206. The van der Waals surface area contributed by atoms with Crippen LogP contribution in [-0.4, -0.2) is 37.4 Å². The Morgan fingerprint density at radius 3 is 2.17 bits per heavy atom. The molecular formula is C28H27F3N2O3. The number of aryl methyl sites for hydroxylation is 2. The summed E-state index contributed by atoms with van der Waals surface area (Å²) in [6.07, 6.45) is -5.62. The highest BCUT2D eigenvalue weighted by molar-refractivity contribution is 5.98. The van der Waals surface area contributed by atoms with Crippen LogP contribution in [0.1, 0.15) is 34.6 Å². The third kappa shape index (κ3) is 5.94. The molecule has 1 aliphatic heterocycles. The zero-order valence-electron chi connectivity index (χ0n) is 19.8. The van der Waals surface area contributed by atoms with Crippen LogP contribution in [0.2, 0.25) is 0 Å². The molecule has 0 fully saturated rings. The van der Waals surface area contributed by atoms with Gasteiger partial charge < -0.3 is 9.64 Å². The summed E-state index contributed by atoms with van der Waals surface area (Å²) in [6, 6.07) is 24.4. The molecule has 1 amide bonds. The molecule has 5 nitrogen and oxygen atoms in total. The van der Waals surface area contributed by atoms with Crippen molar-refractivity contribution in [1.29, 1.82) is 0 Å². The van der Waals surface area contributed by atoms with Gasteiger partial charge in [-0.1, -0.05) is 78.4 Å². The Labute approximate surface area is 207 Å². The number of nitrogens with zero attached hydrogens (tertiary/aromatic N) is 1. The molecule has 188 valence electrons. The maximum absolute atomic E-state index is 13.5. The van der Waals surface area contributed by atoms with E-state index in [0.29, 0.717) is 18.7 Å². The number of amides is 1. The van der Waals surface area contributed by atoms with Crippen molar-refractivity contribution in [3.05, 3.63) is 101 Å². The Morgan fingerprint density at radius 2 is 1.58 bits per heavy atom. The van der Waals surface area contributed by atoms with Crippen LogP contribution in [0.3, 0.4) is 0 Å². The van der Waals surface area contributed by atoms with Gasteiger partial charge >= 0.3 is 12.1 Å². The number of alkyl halides is 3. The van der Waals surface area contributed by atoms with E-state index >= 15 is 0 Å². The second-order valence-corrected chi connectivity index (χ2v) is 8.79. The van der Waals surface area contributed by atoms with Gasteiger partial charge in [0.05, 0.1) is 0 Å². The van der Waals surface area contributed by atoms with Gasteiger partial charge in [-0.2, -0.15) is 13.2 Å². The minimum atomic E-state index is -5.23. The van der Waals surface area contributed by atoms with Crippen molar-refractivity contribution in [3.63, 3.8) is 0 Å². The van der Waals surface area contributed by atoms with Crippen LogP contribution < -0.4 is 10.2 Å². The summed E-state index contributed by atoms with van der Waals surface area (Å²) in [5.41, 5.74) is 4.39. The van der Waals surface area contributed by atoms with Crippen molar-refractivity contribution in [1.82, 2.24) is 5.32 Å². The summed E-state index contributed by atoms with van der Waals surface area (Å²) in [5, 5.41) is 2.82. The zero-order chi connectivity index (χ0) is 25.7. The van der Waals surface area contributed by atoms with E-state index in [0.717, 1.165) is 28.7 Å². The maximum atomic E-state index is 13.5. The van der Waals surface area contributed by atoms with Gasteiger partial charge in [0.1, 0.15) is 0 Å². The second-order valence-electron chi connectivity index (χ2n) is 8.79. The minimum Gasteiger partial charge on any atom is -0.430 e. The van der Waals surface area contributed by atoms with E-state index in [1.165, 1.54) is 4.90 Å². The number of benzene rings is 3. The lowest BCUT2D eigenvalue weighted by atomic mass is 9.91. The van der Waals surface area contributed by atoms with Gasteiger partial charge in [-0.3, -0.25) is 10.1 Å². The Balaban J connectivity index is 1.62. The Bertz CT molecular complexity index is 1160. The predicted octanol–water partition coefficient (Wildman–Crippen LogP) is 5.13. The number of hydrogen-bond donors (Lipinski definition) is 1.